The average Bonchev–Trinajstić information content (AvgIpc) is 3.01. The fourth-order valence-electron chi connectivity index (χ4n) is 4.28. The van der Waals surface area contributed by atoms with Crippen LogP contribution in [0.2, 0.25) is 0 Å². The van der Waals surface area contributed by atoms with Crippen LogP contribution >= 0.6 is 15.9 Å². The second-order valence-corrected chi connectivity index (χ2v) is 8.16. The molecule has 0 unspecified atom stereocenters. The van der Waals surface area contributed by atoms with Gasteiger partial charge in [0.2, 0.25) is 0 Å². The second-order valence-electron chi connectivity index (χ2n) is 7.24. The summed E-state index contributed by atoms with van der Waals surface area (Å²) in [6.07, 6.45) is 0. The van der Waals surface area contributed by atoms with Crippen molar-refractivity contribution in [2.24, 2.45) is 14.1 Å². The highest BCUT2D eigenvalue weighted by Crippen LogP contribution is 2.47. The molecule has 1 atom stereocenters. The lowest BCUT2D eigenvalue weighted by atomic mass is 9.81. The Bertz CT molecular complexity index is 1380. The van der Waals surface area contributed by atoms with Crippen LogP contribution < -0.4 is 16.6 Å². The van der Waals surface area contributed by atoms with Gasteiger partial charge in [-0.3, -0.25) is 18.7 Å². The molecule has 6 nitrogen and oxygen atoms in total. The molecule has 1 aliphatic carbocycles. The molecule has 0 saturated heterocycles. The lowest BCUT2D eigenvalue weighted by molar-refractivity contribution is 0.103. The minimum Gasteiger partial charge on any atom is -0.340 e. The minimum atomic E-state index is -0.579. The summed E-state index contributed by atoms with van der Waals surface area (Å²) in [5.41, 5.74) is 2.95. The molecular formula is C22H16BrN3O3. The lowest BCUT2D eigenvalue weighted by Crippen LogP contribution is -2.42. The van der Waals surface area contributed by atoms with Crippen molar-refractivity contribution in [3.8, 4) is 0 Å². The molecule has 2 heterocycles. The smallest absolute Gasteiger partial charge is 0.332 e. The Balaban J connectivity index is 1.90. The molecular weight excluding hydrogens is 434 g/mol. The van der Waals surface area contributed by atoms with Gasteiger partial charge in [0, 0.05) is 41.2 Å². The third-order valence-electron chi connectivity index (χ3n) is 5.66. The van der Waals surface area contributed by atoms with Crippen molar-refractivity contribution >= 4 is 33.2 Å². The van der Waals surface area contributed by atoms with Gasteiger partial charge in [-0.15, -0.1) is 0 Å². The first-order chi connectivity index (χ1) is 13.9. The summed E-state index contributed by atoms with van der Waals surface area (Å²) in [5.74, 6) is -0.259. The number of Topliss-reactive ketones (excluding diaryl/α,β-unsaturated/α-hetero) is 1. The molecule has 3 aromatic rings. The number of carbonyl (C=O) groups excluding carboxylic acids is 1. The van der Waals surface area contributed by atoms with Crippen molar-refractivity contribution in [3.63, 3.8) is 0 Å². The number of ketones is 1. The van der Waals surface area contributed by atoms with Crippen LogP contribution in [0, 0.1) is 0 Å². The van der Waals surface area contributed by atoms with Crippen LogP contribution in [0.5, 0.6) is 0 Å². The number of anilines is 1. The van der Waals surface area contributed by atoms with E-state index in [4.69, 9.17) is 0 Å². The van der Waals surface area contributed by atoms with Gasteiger partial charge in [-0.1, -0.05) is 52.3 Å². The molecule has 0 amide bonds. The van der Waals surface area contributed by atoms with Gasteiger partial charge in [-0.2, -0.15) is 0 Å². The zero-order valence-electron chi connectivity index (χ0n) is 15.7. The molecule has 2 aliphatic rings. The maximum atomic E-state index is 13.4. The van der Waals surface area contributed by atoms with Gasteiger partial charge in [0.25, 0.3) is 5.56 Å². The van der Waals surface area contributed by atoms with E-state index in [0.717, 1.165) is 20.2 Å². The van der Waals surface area contributed by atoms with Gasteiger partial charge >= 0.3 is 5.69 Å². The Morgan fingerprint density at radius 1 is 0.931 bits per heavy atom. The number of halogens is 1. The summed E-state index contributed by atoms with van der Waals surface area (Å²) in [6, 6.07) is 14.9. The summed E-state index contributed by atoms with van der Waals surface area (Å²) < 4.78 is 3.36. The Hall–Kier alpha value is -3.19. The van der Waals surface area contributed by atoms with Gasteiger partial charge in [-0.25, -0.2) is 4.79 Å². The minimum absolute atomic E-state index is 0.102. The van der Waals surface area contributed by atoms with Crippen LogP contribution in [0.25, 0.3) is 5.70 Å². The third-order valence-corrected chi connectivity index (χ3v) is 6.15. The standard InChI is InChI=1S/C22H16BrN3O3/c1-25-20-17(21(28)26(2)22(25)29)15(11-6-5-7-12(23)10-11)16-18(24-20)13-8-3-4-9-14(13)19(16)27/h3-10,15,24H,1-2H3/t15-/m1/s1. The summed E-state index contributed by atoms with van der Waals surface area (Å²) in [4.78, 5) is 39.1. The van der Waals surface area contributed by atoms with Crippen LogP contribution in [-0.4, -0.2) is 14.9 Å². The highest BCUT2D eigenvalue weighted by atomic mass is 79.9. The number of carbonyl (C=O) groups is 1. The van der Waals surface area contributed by atoms with Crippen LogP contribution in [-0.2, 0) is 14.1 Å². The van der Waals surface area contributed by atoms with Gasteiger partial charge in [0.05, 0.1) is 11.3 Å². The predicted octanol–water partition coefficient (Wildman–Crippen LogP) is 3.01. The van der Waals surface area contributed by atoms with Crippen molar-refractivity contribution in [1.82, 2.24) is 9.13 Å². The number of benzene rings is 2. The van der Waals surface area contributed by atoms with E-state index in [1.807, 2.05) is 42.5 Å². The fraction of sp³-hybridized carbons (Fsp3) is 0.136. The molecule has 0 fully saturated rings. The number of aromatic nitrogens is 2. The normalized spacial score (nSPS) is 16.9. The zero-order valence-corrected chi connectivity index (χ0v) is 17.3. The lowest BCUT2D eigenvalue weighted by Gasteiger charge is -2.29. The SMILES string of the molecule is Cn1c2c(c(=O)n(C)c1=O)[C@H](c1cccc(Br)c1)C1=C(N2)c2ccccc2C1=O. The molecule has 2 aromatic carbocycles. The number of hydrogen-bond donors (Lipinski definition) is 1. The molecule has 7 heteroatoms. The van der Waals surface area contributed by atoms with E-state index in [1.165, 1.54) is 11.6 Å². The Morgan fingerprint density at radius 2 is 1.66 bits per heavy atom. The van der Waals surface area contributed by atoms with Crippen LogP contribution in [0.15, 0.2) is 68.2 Å². The van der Waals surface area contributed by atoms with Crippen molar-refractivity contribution in [2.45, 2.75) is 5.92 Å². The molecule has 1 aliphatic heterocycles. The molecule has 1 aromatic heterocycles. The molecule has 1 N–H and O–H groups in total. The van der Waals surface area contributed by atoms with Crippen LogP contribution in [0.1, 0.15) is 33.0 Å². The predicted molar refractivity (Wildman–Crippen MR) is 114 cm³/mol. The quantitative estimate of drug-likeness (QED) is 0.619. The molecule has 5 rings (SSSR count). The fourth-order valence-corrected chi connectivity index (χ4v) is 4.69. The van der Waals surface area contributed by atoms with E-state index in [0.29, 0.717) is 28.2 Å². The molecule has 144 valence electrons. The van der Waals surface area contributed by atoms with Crippen molar-refractivity contribution in [3.05, 3.63) is 102 Å². The van der Waals surface area contributed by atoms with E-state index >= 15 is 0 Å². The molecule has 0 spiro atoms. The zero-order chi connectivity index (χ0) is 20.4. The molecule has 29 heavy (non-hydrogen) atoms. The number of fused-ring (bicyclic) bond motifs is 3. The van der Waals surface area contributed by atoms with Gasteiger partial charge in [-0.05, 0) is 17.7 Å². The number of nitrogens with zero attached hydrogens (tertiary/aromatic N) is 2. The Labute approximate surface area is 174 Å². The first kappa shape index (κ1) is 17.9. The van der Waals surface area contributed by atoms with Gasteiger partial charge < -0.3 is 5.32 Å². The number of allylic oxidation sites excluding steroid dienone is 1. The summed E-state index contributed by atoms with van der Waals surface area (Å²) >= 11 is 3.49. The maximum Gasteiger partial charge on any atom is 0.332 e. The highest BCUT2D eigenvalue weighted by Gasteiger charge is 2.42. The summed E-state index contributed by atoms with van der Waals surface area (Å²) in [5, 5.41) is 3.23. The topological polar surface area (TPSA) is 73.1 Å². The maximum absolute atomic E-state index is 13.4. The first-order valence-electron chi connectivity index (χ1n) is 9.10. The third kappa shape index (κ3) is 2.37. The number of nitrogens with one attached hydrogen (secondary N) is 1. The van der Waals surface area contributed by atoms with Crippen molar-refractivity contribution in [1.29, 1.82) is 0 Å². The summed E-state index contributed by atoms with van der Waals surface area (Å²) in [7, 11) is 3.08. The van der Waals surface area contributed by atoms with Crippen molar-refractivity contribution < 1.29 is 4.79 Å². The number of hydrogen-bond acceptors (Lipinski definition) is 4. The van der Waals surface area contributed by atoms with E-state index in [2.05, 4.69) is 21.2 Å². The Morgan fingerprint density at radius 3 is 2.38 bits per heavy atom. The summed E-state index contributed by atoms with van der Waals surface area (Å²) in [6.45, 7) is 0. The average molecular weight is 450 g/mol. The Kier molecular flexibility index (Phi) is 3.79. The van der Waals surface area contributed by atoms with Crippen LogP contribution in [0.3, 0.4) is 0 Å². The monoisotopic (exact) mass is 449 g/mol. The van der Waals surface area contributed by atoms with Crippen molar-refractivity contribution in [2.75, 3.05) is 5.32 Å². The second kappa shape index (κ2) is 6.15. The molecule has 0 saturated carbocycles. The van der Waals surface area contributed by atoms with E-state index < -0.39 is 17.2 Å². The molecule has 0 bridgehead atoms. The van der Waals surface area contributed by atoms with Gasteiger partial charge in [0.15, 0.2) is 5.78 Å². The largest absolute Gasteiger partial charge is 0.340 e. The highest BCUT2D eigenvalue weighted by molar-refractivity contribution is 9.10. The first-order valence-corrected chi connectivity index (χ1v) is 9.90. The van der Waals surface area contributed by atoms with Gasteiger partial charge in [0.1, 0.15) is 5.82 Å². The van der Waals surface area contributed by atoms with E-state index in [9.17, 15) is 14.4 Å². The van der Waals surface area contributed by atoms with E-state index in [1.54, 1.807) is 13.1 Å². The van der Waals surface area contributed by atoms with E-state index in [-0.39, 0.29) is 5.78 Å². The number of rotatable bonds is 1. The molecule has 0 radical (unpaired) electrons. The van der Waals surface area contributed by atoms with Crippen LogP contribution in [0.4, 0.5) is 5.82 Å².